The van der Waals surface area contributed by atoms with Gasteiger partial charge in [0.25, 0.3) is 0 Å². The van der Waals surface area contributed by atoms with E-state index >= 15 is 0 Å². The summed E-state index contributed by atoms with van der Waals surface area (Å²) in [6, 6.07) is 0. The van der Waals surface area contributed by atoms with Gasteiger partial charge in [-0.3, -0.25) is 9.59 Å². The standard InChI is InChI=1S/C14H24O4/c1-6-14(10-9-11(4)5,12(15)17-7-2)13(16)18-8-3/h4,6-10H2,1-3,5H3. The van der Waals surface area contributed by atoms with Gasteiger partial charge in [-0.2, -0.15) is 0 Å². The fourth-order valence-electron chi connectivity index (χ4n) is 1.72. The molecule has 0 N–H and O–H groups in total. The maximum Gasteiger partial charge on any atom is 0.323 e. The van der Waals surface area contributed by atoms with Crippen molar-refractivity contribution in [2.45, 2.75) is 47.0 Å². The summed E-state index contributed by atoms with van der Waals surface area (Å²) in [7, 11) is 0. The molecule has 0 bridgehead atoms. The van der Waals surface area contributed by atoms with E-state index in [0.29, 0.717) is 19.3 Å². The number of ether oxygens (including phenoxy) is 2. The predicted molar refractivity (Wildman–Crippen MR) is 70.0 cm³/mol. The van der Waals surface area contributed by atoms with Gasteiger partial charge >= 0.3 is 11.9 Å². The highest BCUT2D eigenvalue weighted by molar-refractivity contribution is 6.00. The third kappa shape index (κ3) is 4.17. The van der Waals surface area contributed by atoms with E-state index in [4.69, 9.17) is 9.47 Å². The summed E-state index contributed by atoms with van der Waals surface area (Å²) in [5.41, 5.74) is -0.258. The number of esters is 2. The molecule has 0 aliphatic rings. The summed E-state index contributed by atoms with van der Waals surface area (Å²) in [5.74, 6) is -0.987. The smallest absolute Gasteiger partial charge is 0.323 e. The monoisotopic (exact) mass is 256 g/mol. The first-order valence-corrected chi connectivity index (χ1v) is 6.43. The van der Waals surface area contributed by atoms with Crippen LogP contribution in [0.4, 0.5) is 0 Å². The first-order valence-electron chi connectivity index (χ1n) is 6.43. The lowest BCUT2D eigenvalue weighted by Crippen LogP contribution is -2.41. The Kier molecular flexibility index (Phi) is 7.32. The lowest BCUT2D eigenvalue weighted by atomic mass is 9.79. The van der Waals surface area contributed by atoms with Crippen LogP contribution in [0.2, 0.25) is 0 Å². The molecule has 0 amide bonds. The summed E-state index contributed by atoms with van der Waals surface area (Å²) in [4.78, 5) is 24.1. The average molecular weight is 256 g/mol. The topological polar surface area (TPSA) is 52.6 Å². The van der Waals surface area contributed by atoms with Crippen molar-refractivity contribution in [2.24, 2.45) is 5.41 Å². The van der Waals surface area contributed by atoms with Crippen LogP contribution in [0.3, 0.4) is 0 Å². The Labute approximate surface area is 109 Å². The van der Waals surface area contributed by atoms with E-state index in [0.717, 1.165) is 5.57 Å². The zero-order valence-corrected chi connectivity index (χ0v) is 11.9. The first kappa shape index (κ1) is 16.7. The van der Waals surface area contributed by atoms with Crippen LogP contribution in [0.25, 0.3) is 0 Å². The van der Waals surface area contributed by atoms with Crippen molar-refractivity contribution < 1.29 is 19.1 Å². The van der Waals surface area contributed by atoms with E-state index in [2.05, 4.69) is 6.58 Å². The number of hydrogen-bond donors (Lipinski definition) is 0. The maximum absolute atomic E-state index is 12.1. The van der Waals surface area contributed by atoms with Gasteiger partial charge in [-0.15, -0.1) is 6.58 Å². The normalized spacial score (nSPS) is 10.9. The Hall–Kier alpha value is -1.32. The fourth-order valence-corrected chi connectivity index (χ4v) is 1.72. The summed E-state index contributed by atoms with van der Waals surface area (Å²) in [6.45, 7) is 11.4. The molecule has 0 spiro atoms. The van der Waals surface area contributed by atoms with E-state index in [1.807, 2.05) is 6.92 Å². The molecule has 4 heteroatoms. The summed E-state index contributed by atoms with van der Waals surface area (Å²) in [6.07, 6.45) is 1.36. The third-order valence-electron chi connectivity index (χ3n) is 2.91. The van der Waals surface area contributed by atoms with Crippen molar-refractivity contribution in [3.05, 3.63) is 12.2 Å². The predicted octanol–water partition coefficient (Wildman–Crippen LogP) is 2.87. The van der Waals surface area contributed by atoms with Gasteiger partial charge in [0.2, 0.25) is 0 Å². The molecule has 0 saturated carbocycles. The van der Waals surface area contributed by atoms with E-state index in [1.165, 1.54) is 0 Å². The fraction of sp³-hybridized carbons (Fsp3) is 0.714. The van der Waals surface area contributed by atoms with Gasteiger partial charge in [-0.1, -0.05) is 12.5 Å². The lowest BCUT2D eigenvalue weighted by molar-refractivity contribution is -0.173. The first-order chi connectivity index (χ1) is 8.44. The minimum Gasteiger partial charge on any atom is -0.465 e. The van der Waals surface area contributed by atoms with Crippen molar-refractivity contribution in [3.63, 3.8) is 0 Å². The SMILES string of the molecule is C=C(C)CCC(CC)(C(=O)OCC)C(=O)OCC. The third-order valence-corrected chi connectivity index (χ3v) is 2.91. The molecule has 0 fully saturated rings. The van der Waals surface area contributed by atoms with Crippen LogP contribution in [-0.2, 0) is 19.1 Å². The molecule has 0 heterocycles. The van der Waals surface area contributed by atoms with Crippen LogP contribution in [0.1, 0.15) is 47.0 Å². The Morgan fingerprint density at radius 3 is 1.78 bits per heavy atom. The zero-order chi connectivity index (χ0) is 14.2. The summed E-state index contributed by atoms with van der Waals surface area (Å²) >= 11 is 0. The van der Waals surface area contributed by atoms with Crippen LogP contribution in [-0.4, -0.2) is 25.2 Å². The lowest BCUT2D eigenvalue weighted by Gasteiger charge is -2.27. The Morgan fingerprint density at radius 2 is 1.50 bits per heavy atom. The number of rotatable bonds is 8. The number of allylic oxidation sites excluding steroid dienone is 1. The molecule has 0 atom stereocenters. The molecule has 0 aliphatic heterocycles. The second-order valence-corrected chi connectivity index (χ2v) is 4.33. The van der Waals surface area contributed by atoms with E-state index in [1.54, 1.807) is 20.8 Å². The Morgan fingerprint density at radius 1 is 1.06 bits per heavy atom. The van der Waals surface area contributed by atoms with Gasteiger partial charge in [0.1, 0.15) is 0 Å². The van der Waals surface area contributed by atoms with E-state index in [9.17, 15) is 9.59 Å². The molecule has 104 valence electrons. The summed E-state index contributed by atoms with van der Waals surface area (Å²) in [5, 5.41) is 0. The van der Waals surface area contributed by atoms with Gasteiger partial charge in [-0.25, -0.2) is 0 Å². The minimum atomic E-state index is -1.19. The van der Waals surface area contributed by atoms with Crippen LogP contribution in [0.15, 0.2) is 12.2 Å². The quantitative estimate of drug-likeness (QED) is 0.380. The minimum absolute atomic E-state index is 0.257. The van der Waals surface area contributed by atoms with Crippen molar-refractivity contribution in [1.29, 1.82) is 0 Å². The van der Waals surface area contributed by atoms with Crippen molar-refractivity contribution in [1.82, 2.24) is 0 Å². The van der Waals surface area contributed by atoms with Crippen LogP contribution in [0.5, 0.6) is 0 Å². The van der Waals surface area contributed by atoms with Crippen LogP contribution < -0.4 is 0 Å². The Balaban J connectivity index is 5.11. The van der Waals surface area contributed by atoms with Gasteiger partial charge in [-0.05, 0) is 40.0 Å². The second-order valence-electron chi connectivity index (χ2n) is 4.33. The largest absolute Gasteiger partial charge is 0.465 e. The van der Waals surface area contributed by atoms with E-state index in [-0.39, 0.29) is 13.2 Å². The van der Waals surface area contributed by atoms with Crippen molar-refractivity contribution >= 4 is 11.9 Å². The summed E-state index contributed by atoms with van der Waals surface area (Å²) < 4.78 is 10.1. The van der Waals surface area contributed by atoms with Crippen LogP contribution >= 0.6 is 0 Å². The molecule has 0 rings (SSSR count). The molecule has 0 unspecified atom stereocenters. The molecule has 0 aromatic carbocycles. The highest BCUT2D eigenvalue weighted by atomic mass is 16.6. The average Bonchev–Trinajstić information content (AvgIpc) is 2.30. The number of carbonyl (C=O) groups is 2. The molecule has 0 aromatic rings. The maximum atomic E-state index is 12.1. The van der Waals surface area contributed by atoms with Gasteiger partial charge in [0.15, 0.2) is 5.41 Å². The molecule has 0 radical (unpaired) electrons. The van der Waals surface area contributed by atoms with Crippen LogP contribution in [0, 0.1) is 5.41 Å². The molecule has 18 heavy (non-hydrogen) atoms. The second kappa shape index (κ2) is 7.90. The van der Waals surface area contributed by atoms with Gasteiger partial charge < -0.3 is 9.47 Å². The van der Waals surface area contributed by atoms with Gasteiger partial charge in [0.05, 0.1) is 13.2 Å². The van der Waals surface area contributed by atoms with Gasteiger partial charge in [0, 0.05) is 0 Å². The molecule has 0 aromatic heterocycles. The highest BCUT2D eigenvalue weighted by Crippen LogP contribution is 2.33. The highest BCUT2D eigenvalue weighted by Gasteiger charge is 2.46. The number of hydrogen-bond acceptors (Lipinski definition) is 4. The van der Waals surface area contributed by atoms with Crippen molar-refractivity contribution in [2.75, 3.05) is 13.2 Å². The molecule has 0 saturated heterocycles. The molecule has 4 nitrogen and oxygen atoms in total. The Bertz CT molecular complexity index is 289. The van der Waals surface area contributed by atoms with E-state index < -0.39 is 17.4 Å². The molecular weight excluding hydrogens is 232 g/mol. The zero-order valence-electron chi connectivity index (χ0n) is 11.9. The molecule has 0 aliphatic carbocycles. The molecular formula is C14H24O4. The van der Waals surface area contributed by atoms with Crippen molar-refractivity contribution in [3.8, 4) is 0 Å². The number of carbonyl (C=O) groups excluding carboxylic acids is 2.